The minimum Gasteiger partial charge on any atom is -0.444 e. The molecular formula is C13H24N2O2. The molecule has 0 aromatic heterocycles. The number of nitrogens with two attached hydrogens (primary N) is 1. The molecule has 1 aliphatic heterocycles. The van der Waals surface area contributed by atoms with Crippen molar-refractivity contribution in [2.24, 2.45) is 11.7 Å². The summed E-state index contributed by atoms with van der Waals surface area (Å²) < 4.78 is 5.36. The second-order valence-electron chi connectivity index (χ2n) is 5.92. The van der Waals surface area contributed by atoms with Crippen molar-refractivity contribution in [3.8, 4) is 0 Å². The van der Waals surface area contributed by atoms with Crippen LogP contribution in [0.1, 0.15) is 34.6 Å². The number of hydrogen-bond donors (Lipinski definition) is 1. The van der Waals surface area contributed by atoms with Gasteiger partial charge in [-0.15, -0.1) is 0 Å². The lowest BCUT2D eigenvalue weighted by Crippen LogP contribution is -2.47. The van der Waals surface area contributed by atoms with E-state index < -0.39 is 5.60 Å². The maximum absolute atomic E-state index is 11.9. The lowest BCUT2D eigenvalue weighted by Gasteiger charge is -2.33. The van der Waals surface area contributed by atoms with Crippen LogP contribution in [0, 0.1) is 5.92 Å². The minimum absolute atomic E-state index is 0.0892. The zero-order valence-electron chi connectivity index (χ0n) is 11.5. The Balaban J connectivity index is 2.69. The van der Waals surface area contributed by atoms with Crippen molar-refractivity contribution >= 4 is 6.09 Å². The van der Waals surface area contributed by atoms with E-state index in [4.69, 9.17) is 10.5 Å². The average molecular weight is 240 g/mol. The van der Waals surface area contributed by atoms with Crippen molar-refractivity contribution in [2.45, 2.75) is 46.3 Å². The fraction of sp³-hybridized carbons (Fsp3) is 0.769. The smallest absolute Gasteiger partial charge is 0.410 e. The van der Waals surface area contributed by atoms with E-state index in [1.165, 1.54) is 5.57 Å². The first-order valence-corrected chi connectivity index (χ1v) is 6.13. The van der Waals surface area contributed by atoms with Gasteiger partial charge in [0.1, 0.15) is 5.60 Å². The Morgan fingerprint density at radius 3 is 2.59 bits per heavy atom. The van der Waals surface area contributed by atoms with E-state index >= 15 is 0 Å². The number of hydrogen-bond acceptors (Lipinski definition) is 3. The predicted octanol–water partition coefficient (Wildman–Crippen LogP) is 2.15. The van der Waals surface area contributed by atoms with Gasteiger partial charge in [-0.3, -0.25) is 0 Å². The second kappa shape index (κ2) is 5.08. The van der Waals surface area contributed by atoms with Gasteiger partial charge < -0.3 is 15.4 Å². The molecule has 0 spiro atoms. The molecule has 0 aromatic rings. The third-order valence-corrected chi connectivity index (χ3v) is 2.63. The van der Waals surface area contributed by atoms with Gasteiger partial charge in [0, 0.05) is 19.1 Å². The normalized spacial score (nSPS) is 21.5. The Morgan fingerprint density at radius 2 is 2.12 bits per heavy atom. The number of amides is 1. The van der Waals surface area contributed by atoms with Gasteiger partial charge in [-0.1, -0.05) is 25.5 Å². The summed E-state index contributed by atoms with van der Waals surface area (Å²) in [4.78, 5) is 13.6. The molecule has 0 saturated carbocycles. The molecule has 4 nitrogen and oxygen atoms in total. The van der Waals surface area contributed by atoms with Crippen LogP contribution in [0.4, 0.5) is 4.79 Å². The maximum Gasteiger partial charge on any atom is 0.410 e. The van der Waals surface area contributed by atoms with Gasteiger partial charge in [0.25, 0.3) is 0 Å². The van der Waals surface area contributed by atoms with Crippen molar-refractivity contribution in [1.29, 1.82) is 0 Å². The van der Waals surface area contributed by atoms with Crippen LogP contribution >= 0.6 is 0 Å². The first-order valence-electron chi connectivity index (χ1n) is 6.13. The van der Waals surface area contributed by atoms with Gasteiger partial charge in [-0.05, 0) is 26.7 Å². The van der Waals surface area contributed by atoms with Crippen LogP contribution in [0.15, 0.2) is 11.6 Å². The molecule has 98 valence electrons. The molecule has 1 unspecified atom stereocenters. The van der Waals surface area contributed by atoms with Crippen LogP contribution in [-0.4, -0.2) is 35.7 Å². The van der Waals surface area contributed by atoms with Crippen molar-refractivity contribution in [3.63, 3.8) is 0 Å². The molecule has 1 amide bonds. The first-order chi connectivity index (χ1) is 7.69. The fourth-order valence-electron chi connectivity index (χ4n) is 1.76. The molecule has 1 atom stereocenters. The molecule has 1 aliphatic rings. The summed E-state index contributed by atoms with van der Waals surface area (Å²) in [6, 6.07) is -0.0892. The van der Waals surface area contributed by atoms with Crippen LogP contribution in [0.5, 0.6) is 0 Å². The van der Waals surface area contributed by atoms with Gasteiger partial charge in [-0.25, -0.2) is 4.79 Å². The van der Waals surface area contributed by atoms with Crippen LogP contribution in [0.2, 0.25) is 0 Å². The molecule has 0 aliphatic carbocycles. The molecule has 0 aromatic carbocycles. The lowest BCUT2D eigenvalue weighted by atomic mass is 9.97. The number of carbonyl (C=O) groups excluding carboxylic acids is 1. The lowest BCUT2D eigenvalue weighted by molar-refractivity contribution is 0.0250. The van der Waals surface area contributed by atoms with E-state index in [-0.39, 0.29) is 12.1 Å². The molecule has 0 radical (unpaired) electrons. The first kappa shape index (κ1) is 14.0. The quantitative estimate of drug-likeness (QED) is 0.714. The second-order valence-corrected chi connectivity index (χ2v) is 5.92. The van der Waals surface area contributed by atoms with Gasteiger partial charge in [0.2, 0.25) is 0 Å². The molecule has 17 heavy (non-hydrogen) atoms. The van der Waals surface area contributed by atoms with Crippen LogP contribution in [-0.2, 0) is 4.74 Å². The van der Waals surface area contributed by atoms with E-state index in [1.807, 2.05) is 20.8 Å². The Labute approximate surface area is 104 Å². The molecule has 0 fully saturated rings. The highest BCUT2D eigenvalue weighted by Gasteiger charge is 2.27. The zero-order valence-corrected chi connectivity index (χ0v) is 11.5. The van der Waals surface area contributed by atoms with Gasteiger partial charge in [0.05, 0.1) is 0 Å². The van der Waals surface area contributed by atoms with Crippen molar-refractivity contribution in [2.75, 3.05) is 13.1 Å². The van der Waals surface area contributed by atoms with Crippen molar-refractivity contribution < 1.29 is 9.53 Å². The molecule has 0 saturated heterocycles. The highest BCUT2D eigenvalue weighted by atomic mass is 16.6. The monoisotopic (exact) mass is 240 g/mol. The summed E-state index contributed by atoms with van der Waals surface area (Å²) in [5.41, 5.74) is 6.67. The molecule has 0 bridgehead atoms. The Bertz CT molecular complexity index is 316. The molecular weight excluding hydrogens is 216 g/mol. The standard InChI is InChI=1S/C13H24N2O2/c1-9(2)10-6-11(14)8-15(7-10)12(16)17-13(3,4)5/h6,9,11H,7-8,14H2,1-5H3. The van der Waals surface area contributed by atoms with E-state index in [2.05, 4.69) is 19.9 Å². The topological polar surface area (TPSA) is 55.6 Å². The maximum atomic E-state index is 11.9. The number of nitrogens with zero attached hydrogens (tertiary/aromatic N) is 1. The Morgan fingerprint density at radius 1 is 1.53 bits per heavy atom. The van der Waals surface area contributed by atoms with Crippen LogP contribution in [0.3, 0.4) is 0 Å². The predicted molar refractivity (Wildman–Crippen MR) is 68.7 cm³/mol. The number of rotatable bonds is 1. The van der Waals surface area contributed by atoms with Crippen LogP contribution < -0.4 is 5.73 Å². The summed E-state index contributed by atoms with van der Waals surface area (Å²) in [7, 11) is 0. The Kier molecular flexibility index (Phi) is 4.20. The van der Waals surface area contributed by atoms with Gasteiger partial charge >= 0.3 is 6.09 Å². The summed E-state index contributed by atoms with van der Waals surface area (Å²) in [5, 5.41) is 0. The average Bonchev–Trinajstić information content (AvgIpc) is 2.13. The van der Waals surface area contributed by atoms with Crippen LogP contribution in [0.25, 0.3) is 0 Å². The SMILES string of the molecule is CC(C)C1=CC(N)CN(C(=O)OC(C)(C)C)C1. The third kappa shape index (κ3) is 4.38. The largest absolute Gasteiger partial charge is 0.444 e. The highest BCUT2D eigenvalue weighted by Crippen LogP contribution is 2.19. The van der Waals surface area contributed by atoms with E-state index in [9.17, 15) is 4.79 Å². The summed E-state index contributed by atoms with van der Waals surface area (Å²) in [6.45, 7) is 11.0. The van der Waals surface area contributed by atoms with E-state index in [0.29, 0.717) is 19.0 Å². The summed E-state index contributed by atoms with van der Waals surface area (Å²) in [6.07, 6.45) is 1.78. The van der Waals surface area contributed by atoms with Crippen molar-refractivity contribution in [1.82, 2.24) is 4.90 Å². The molecule has 2 N–H and O–H groups in total. The molecule has 4 heteroatoms. The summed E-state index contributed by atoms with van der Waals surface area (Å²) >= 11 is 0. The van der Waals surface area contributed by atoms with Crippen molar-refractivity contribution in [3.05, 3.63) is 11.6 Å². The van der Waals surface area contributed by atoms with E-state index in [1.54, 1.807) is 4.90 Å². The zero-order chi connectivity index (χ0) is 13.2. The van der Waals surface area contributed by atoms with Gasteiger partial charge in [0.15, 0.2) is 0 Å². The number of ether oxygens (including phenoxy) is 1. The van der Waals surface area contributed by atoms with Gasteiger partial charge in [-0.2, -0.15) is 0 Å². The summed E-state index contributed by atoms with van der Waals surface area (Å²) in [5.74, 6) is 0.409. The third-order valence-electron chi connectivity index (χ3n) is 2.63. The minimum atomic E-state index is -0.458. The highest BCUT2D eigenvalue weighted by molar-refractivity contribution is 5.69. The fourth-order valence-corrected chi connectivity index (χ4v) is 1.76. The molecule has 1 heterocycles. The van der Waals surface area contributed by atoms with E-state index in [0.717, 1.165) is 0 Å². The number of carbonyl (C=O) groups is 1. The molecule has 1 rings (SSSR count). The Hall–Kier alpha value is -1.03.